The molecule has 2 unspecified atom stereocenters. The van der Waals surface area contributed by atoms with Gasteiger partial charge in [0.2, 0.25) is 0 Å². The fraction of sp³-hybridized carbons (Fsp3) is 0.389. The average molecular weight is 280 g/mol. The largest absolute Gasteiger partial charge is 0.511 e. The normalized spacial score (nSPS) is 29.0. The van der Waals surface area contributed by atoms with Crippen LogP contribution in [-0.2, 0) is 5.41 Å². The van der Waals surface area contributed by atoms with Crippen LogP contribution in [0.3, 0.4) is 0 Å². The third-order valence-electron chi connectivity index (χ3n) is 5.15. The maximum atomic E-state index is 10.1. The lowest BCUT2D eigenvalue weighted by Gasteiger charge is -2.52. The highest BCUT2D eigenvalue weighted by Gasteiger charge is 2.50. The molecule has 3 heteroatoms. The summed E-state index contributed by atoms with van der Waals surface area (Å²) in [6, 6.07) is 12.5. The highest BCUT2D eigenvalue weighted by molar-refractivity contribution is 5.45. The van der Waals surface area contributed by atoms with Gasteiger partial charge in [0.05, 0.1) is 11.6 Å². The van der Waals surface area contributed by atoms with Gasteiger partial charge in [-0.1, -0.05) is 36.9 Å². The van der Waals surface area contributed by atoms with Crippen LogP contribution in [0.4, 0.5) is 0 Å². The van der Waals surface area contributed by atoms with E-state index < -0.39 is 0 Å². The first kappa shape index (κ1) is 13.8. The summed E-state index contributed by atoms with van der Waals surface area (Å²) in [5, 5.41) is 19.5. The molecule has 0 radical (unpaired) electrons. The number of nitrogens with zero attached hydrogens (tertiary/aromatic N) is 2. The molecular weight excluding hydrogens is 260 g/mol. The van der Waals surface area contributed by atoms with Crippen LogP contribution in [0.15, 0.2) is 53.9 Å². The monoisotopic (exact) mass is 280 g/mol. The van der Waals surface area contributed by atoms with E-state index in [4.69, 9.17) is 0 Å². The molecule has 1 heterocycles. The molecule has 1 N–H and O–H groups in total. The number of nitriles is 1. The predicted octanol–water partition coefficient (Wildman–Crippen LogP) is 3.52. The summed E-state index contributed by atoms with van der Waals surface area (Å²) in [6.45, 7) is 5.29. The van der Waals surface area contributed by atoms with Crippen molar-refractivity contribution in [1.82, 2.24) is 4.90 Å². The number of likely N-dealkylation sites (tertiary alicyclic amines) is 1. The number of rotatable bonds is 1. The van der Waals surface area contributed by atoms with Crippen molar-refractivity contribution < 1.29 is 5.11 Å². The number of hydrogen-bond acceptors (Lipinski definition) is 3. The van der Waals surface area contributed by atoms with Crippen LogP contribution in [0.1, 0.15) is 24.8 Å². The van der Waals surface area contributed by atoms with Crippen molar-refractivity contribution in [1.29, 1.82) is 5.26 Å². The molecule has 0 spiro atoms. The Balaban J connectivity index is 2.18. The van der Waals surface area contributed by atoms with Gasteiger partial charge >= 0.3 is 0 Å². The van der Waals surface area contributed by atoms with Crippen molar-refractivity contribution in [2.24, 2.45) is 5.92 Å². The maximum absolute atomic E-state index is 10.1. The fourth-order valence-corrected chi connectivity index (χ4v) is 3.91. The number of aliphatic hydroxyl groups is 1. The minimum atomic E-state index is -0.258. The van der Waals surface area contributed by atoms with Gasteiger partial charge in [0.1, 0.15) is 5.76 Å². The number of allylic oxidation sites excluding steroid dienone is 3. The van der Waals surface area contributed by atoms with Crippen molar-refractivity contribution in [3.05, 3.63) is 59.5 Å². The van der Waals surface area contributed by atoms with Gasteiger partial charge in [-0.05, 0) is 17.9 Å². The minimum Gasteiger partial charge on any atom is -0.511 e. The van der Waals surface area contributed by atoms with Crippen molar-refractivity contribution in [2.75, 3.05) is 13.6 Å². The number of benzene rings is 1. The summed E-state index contributed by atoms with van der Waals surface area (Å²) < 4.78 is 0. The smallest absolute Gasteiger partial charge is 0.106 e. The molecule has 1 aromatic carbocycles. The Labute approximate surface area is 125 Å². The second-order valence-electron chi connectivity index (χ2n) is 6.11. The first-order valence-corrected chi connectivity index (χ1v) is 7.36. The van der Waals surface area contributed by atoms with Crippen molar-refractivity contribution in [3.8, 4) is 6.07 Å². The third kappa shape index (κ3) is 1.94. The van der Waals surface area contributed by atoms with Gasteiger partial charge in [0, 0.05) is 37.5 Å². The van der Waals surface area contributed by atoms with E-state index >= 15 is 0 Å². The Hall–Kier alpha value is -2.21. The maximum Gasteiger partial charge on any atom is 0.106 e. The van der Waals surface area contributed by atoms with E-state index in [-0.39, 0.29) is 11.2 Å². The lowest BCUT2D eigenvalue weighted by atomic mass is 9.58. The van der Waals surface area contributed by atoms with Crippen LogP contribution in [0.2, 0.25) is 0 Å². The molecule has 3 nitrogen and oxygen atoms in total. The highest BCUT2D eigenvalue weighted by Crippen LogP contribution is 2.53. The van der Waals surface area contributed by atoms with E-state index in [1.165, 1.54) is 5.56 Å². The van der Waals surface area contributed by atoms with Gasteiger partial charge in [0.15, 0.2) is 0 Å². The van der Waals surface area contributed by atoms with E-state index in [2.05, 4.69) is 36.7 Å². The average Bonchev–Trinajstić information content (AvgIpc) is 2.52. The molecule has 0 amide bonds. The summed E-state index contributed by atoms with van der Waals surface area (Å²) in [5.41, 5.74) is 2.51. The first-order chi connectivity index (χ1) is 10.1. The molecule has 0 bridgehead atoms. The second-order valence-corrected chi connectivity index (χ2v) is 6.11. The Morgan fingerprint density at radius 2 is 2.10 bits per heavy atom. The Bertz CT molecular complexity index is 641. The lowest BCUT2D eigenvalue weighted by molar-refractivity contribution is 0.137. The summed E-state index contributed by atoms with van der Waals surface area (Å²) in [6.07, 6.45) is 2.13. The number of likely N-dealkylation sites (N-methyl/N-ethyl adjacent to an activating group) is 1. The van der Waals surface area contributed by atoms with Crippen molar-refractivity contribution in [3.63, 3.8) is 0 Å². The van der Waals surface area contributed by atoms with E-state index in [9.17, 15) is 10.4 Å². The molecule has 1 fully saturated rings. The highest BCUT2D eigenvalue weighted by atomic mass is 16.3. The molecule has 2 atom stereocenters. The third-order valence-corrected chi connectivity index (χ3v) is 5.15. The van der Waals surface area contributed by atoms with Crippen molar-refractivity contribution in [2.45, 2.75) is 24.7 Å². The van der Waals surface area contributed by atoms with Gasteiger partial charge < -0.3 is 10.0 Å². The zero-order valence-electron chi connectivity index (χ0n) is 12.3. The first-order valence-electron chi connectivity index (χ1n) is 7.36. The summed E-state index contributed by atoms with van der Waals surface area (Å²) in [5.74, 6) is 0.576. The van der Waals surface area contributed by atoms with Gasteiger partial charge in [-0.15, -0.1) is 0 Å². The number of piperidine rings is 1. The van der Waals surface area contributed by atoms with Crippen LogP contribution < -0.4 is 0 Å². The van der Waals surface area contributed by atoms with E-state index in [1.807, 2.05) is 18.2 Å². The molecule has 0 aromatic heterocycles. The van der Waals surface area contributed by atoms with Gasteiger partial charge in [0.25, 0.3) is 0 Å². The molecule has 21 heavy (non-hydrogen) atoms. The van der Waals surface area contributed by atoms with Gasteiger partial charge in [-0.2, -0.15) is 5.26 Å². The minimum absolute atomic E-state index is 0.258. The summed E-state index contributed by atoms with van der Waals surface area (Å²) in [4.78, 5) is 2.20. The molecule has 1 aromatic rings. The van der Waals surface area contributed by atoms with Crippen LogP contribution in [-0.4, -0.2) is 23.6 Å². The molecular formula is C18H20N2O. The molecule has 3 rings (SSSR count). The van der Waals surface area contributed by atoms with Gasteiger partial charge in [-0.25, -0.2) is 0 Å². The molecule has 1 aliphatic heterocycles. The number of fused-ring (bicyclic) bond motifs is 1. The topological polar surface area (TPSA) is 47.3 Å². The van der Waals surface area contributed by atoms with Crippen LogP contribution in [0, 0.1) is 17.2 Å². The summed E-state index contributed by atoms with van der Waals surface area (Å²) in [7, 11) is 2.06. The summed E-state index contributed by atoms with van der Waals surface area (Å²) >= 11 is 0. The predicted molar refractivity (Wildman–Crippen MR) is 82.5 cm³/mol. The molecule has 1 saturated heterocycles. The zero-order chi connectivity index (χ0) is 15.0. The quantitative estimate of drug-likeness (QED) is 0.856. The Morgan fingerprint density at radius 3 is 2.76 bits per heavy atom. The van der Waals surface area contributed by atoms with Gasteiger partial charge in [-0.3, -0.25) is 0 Å². The number of hydrogen-bond donors (Lipinski definition) is 1. The Kier molecular flexibility index (Phi) is 3.25. The van der Waals surface area contributed by atoms with Crippen LogP contribution >= 0.6 is 0 Å². The standard InChI is InChI=1S/C18H20N2O/c1-13-18(15-6-4-3-5-7-15)11-14(12-19)17(21)10-16(18)8-9-20(13)2/h3-7,16,21H,1,8-11H2,2H3. The molecule has 0 saturated carbocycles. The molecule has 108 valence electrons. The zero-order valence-corrected chi connectivity index (χ0v) is 12.3. The molecule has 2 aliphatic rings. The van der Waals surface area contributed by atoms with Crippen LogP contribution in [0.25, 0.3) is 0 Å². The van der Waals surface area contributed by atoms with Crippen molar-refractivity contribution >= 4 is 0 Å². The fourth-order valence-electron chi connectivity index (χ4n) is 3.91. The van der Waals surface area contributed by atoms with E-state index in [1.54, 1.807) is 0 Å². The second kappa shape index (κ2) is 4.96. The van der Waals surface area contributed by atoms with E-state index in [0.29, 0.717) is 24.3 Å². The SMILES string of the molecule is C=C1N(C)CCC2CC(O)=C(C#N)CC12c1ccccc1. The molecule has 1 aliphatic carbocycles. The number of aliphatic hydroxyl groups excluding tert-OH is 1. The van der Waals surface area contributed by atoms with Crippen LogP contribution in [0.5, 0.6) is 0 Å². The lowest BCUT2D eigenvalue weighted by Crippen LogP contribution is -2.50. The van der Waals surface area contributed by atoms with E-state index in [0.717, 1.165) is 18.7 Å². The Morgan fingerprint density at radius 1 is 1.38 bits per heavy atom.